The Balaban J connectivity index is 1.63. The molecule has 0 saturated carbocycles. The molecule has 0 aliphatic carbocycles. The molecular formula is C20H22FN3O5S. The molecule has 1 fully saturated rings. The maximum Gasteiger partial charge on any atom is 0.325 e. The lowest BCUT2D eigenvalue weighted by Crippen LogP contribution is -2.41. The van der Waals surface area contributed by atoms with Crippen LogP contribution in [0.25, 0.3) is 0 Å². The maximum absolute atomic E-state index is 13.2. The second kappa shape index (κ2) is 8.04. The molecule has 1 aliphatic rings. The number of hydrogen-bond donors (Lipinski definition) is 1. The third-order valence-corrected chi connectivity index (χ3v) is 6.71. The van der Waals surface area contributed by atoms with Gasteiger partial charge in [-0.1, -0.05) is 12.1 Å². The predicted octanol–water partition coefficient (Wildman–Crippen LogP) is 1.92. The van der Waals surface area contributed by atoms with E-state index in [1.807, 2.05) is 0 Å². The number of nitrogens with one attached hydrogen (secondary N) is 1. The number of benzene rings is 2. The fourth-order valence-corrected chi connectivity index (χ4v) is 3.95. The Morgan fingerprint density at radius 2 is 1.67 bits per heavy atom. The van der Waals surface area contributed by atoms with Crippen LogP contribution in [0.2, 0.25) is 0 Å². The summed E-state index contributed by atoms with van der Waals surface area (Å²) in [4.78, 5) is 26.3. The van der Waals surface area contributed by atoms with Gasteiger partial charge in [-0.2, -0.15) is 0 Å². The standard InChI is InChI=1S/C20H22FN3O5S/c1-20(14-4-6-15(21)7-5-14)18(25)24(19(26)22-20)12-13-29-16-8-10-17(11-9-16)30(27,28)23(2)3/h4-11H,12-13H2,1-3H3,(H,22,26). The van der Waals surface area contributed by atoms with Crippen molar-refractivity contribution < 1.29 is 27.1 Å². The van der Waals surface area contributed by atoms with Crippen LogP contribution in [0.4, 0.5) is 9.18 Å². The quantitative estimate of drug-likeness (QED) is 0.671. The molecule has 1 N–H and O–H groups in total. The van der Waals surface area contributed by atoms with Crippen molar-refractivity contribution >= 4 is 22.0 Å². The highest BCUT2D eigenvalue weighted by Gasteiger charge is 2.48. The van der Waals surface area contributed by atoms with Gasteiger partial charge in [0.05, 0.1) is 11.4 Å². The summed E-state index contributed by atoms with van der Waals surface area (Å²) in [5.41, 5.74) is -0.809. The van der Waals surface area contributed by atoms with Crippen LogP contribution < -0.4 is 10.1 Å². The van der Waals surface area contributed by atoms with E-state index in [0.717, 1.165) is 9.21 Å². The van der Waals surface area contributed by atoms with Crippen molar-refractivity contribution in [2.24, 2.45) is 0 Å². The Morgan fingerprint density at radius 3 is 2.23 bits per heavy atom. The van der Waals surface area contributed by atoms with Crippen molar-refractivity contribution in [2.45, 2.75) is 17.4 Å². The Hall–Kier alpha value is -2.98. The first kappa shape index (κ1) is 21.7. The molecule has 0 spiro atoms. The third-order valence-electron chi connectivity index (χ3n) is 4.88. The number of amides is 3. The van der Waals surface area contributed by atoms with E-state index in [2.05, 4.69) is 5.32 Å². The van der Waals surface area contributed by atoms with Crippen molar-refractivity contribution in [3.05, 3.63) is 59.9 Å². The van der Waals surface area contributed by atoms with Crippen LogP contribution in [0.1, 0.15) is 12.5 Å². The summed E-state index contributed by atoms with van der Waals surface area (Å²) in [5.74, 6) is -0.495. The molecule has 0 bridgehead atoms. The van der Waals surface area contributed by atoms with Gasteiger partial charge in [-0.15, -0.1) is 0 Å². The zero-order valence-corrected chi connectivity index (χ0v) is 17.6. The average Bonchev–Trinajstić information content (AvgIpc) is 2.92. The smallest absolute Gasteiger partial charge is 0.325 e. The van der Waals surface area contributed by atoms with E-state index in [1.54, 1.807) is 6.92 Å². The predicted molar refractivity (Wildman–Crippen MR) is 107 cm³/mol. The fourth-order valence-electron chi connectivity index (χ4n) is 3.05. The van der Waals surface area contributed by atoms with Crippen LogP contribution in [0.5, 0.6) is 5.75 Å². The molecule has 1 unspecified atom stereocenters. The minimum absolute atomic E-state index is 0.000794. The zero-order valence-electron chi connectivity index (χ0n) is 16.8. The Bertz CT molecular complexity index is 1050. The molecule has 0 radical (unpaired) electrons. The highest BCUT2D eigenvalue weighted by atomic mass is 32.2. The highest BCUT2D eigenvalue weighted by molar-refractivity contribution is 7.89. The van der Waals surface area contributed by atoms with E-state index in [9.17, 15) is 22.4 Å². The van der Waals surface area contributed by atoms with E-state index >= 15 is 0 Å². The lowest BCUT2D eigenvalue weighted by Gasteiger charge is -2.22. The van der Waals surface area contributed by atoms with Crippen LogP contribution in [0.15, 0.2) is 53.4 Å². The van der Waals surface area contributed by atoms with Crippen LogP contribution >= 0.6 is 0 Å². The third kappa shape index (κ3) is 4.01. The van der Waals surface area contributed by atoms with Gasteiger partial charge in [-0.3, -0.25) is 9.69 Å². The van der Waals surface area contributed by atoms with Crippen LogP contribution in [-0.2, 0) is 20.4 Å². The molecule has 2 aromatic carbocycles. The highest BCUT2D eigenvalue weighted by Crippen LogP contribution is 2.29. The number of nitrogens with zero attached hydrogens (tertiary/aromatic N) is 2. The molecule has 3 amide bonds. The summed E-state index contributed by atoms with van der Waals surface area (Å²) in [6.45, 7) is 1.59. The monoisotopic (exact) mass is 435 g/mol. The maximum atomic E-state index is 13.2. The molecule has 1 aliphatic heterocycles. The average molecular weight is 435 g/mol. The van der Waals surface area contributed by atoms with Crippen molar-refractivity contribution in [3.63, 3.8) is 0 Å². The molecule has 8 nitrogen and oxygen atoms in total. The molecule has 1 heterocycles. The lowest BCUT2D eigenvalue weighted by molar-refractivity contribution is -0.131. The van der Waals surface area contributed by atoms with Gasteiger partial charge < -0.3 is 10.1 Å². The topological polar surface area (TPSA) is 96.0 Å². The summed E-state index contributed by atoms with van der Waals surface area (Å²) in [5, 5.41) is 2.64. The summed E-state index contributed by atoms with van der Waals surface area (Å²) in [6, 6.07) is 10.7. The van der Waals surface area contributed by atoms with Crippen LogP contribution in [0.3, 0.4) is 0 Å². The zero-order chi connectivity index (χ0) is 22.1. The summed E-state index contributed by atoms with van der Waals surface area (Å²) in [7, 11) is -0.651. The molecule has 2 aromatic rings. The number of carbonyl (C=O) groups excluding carboxylic acids is 2. The van der Waals surface area contributed by atoms with Gasteiger partial charge in [0.2, 0.25) is 10.0 Å². The number of sulfonamides is 1. The van der Waals surface area contributed by atoms with Gasteiger partial charge in [0, 0.05) is 14.1 Å². The molecular weight excluding hydrogens is 413 g/mol. The number of imide groups is 1. The van der Waals surface area contributed by atoms with Crippen molar-refractivity contribution in [1.29, 1.82) is 0 Å². The summed E-state index contributed by atoms with van der Waals surface area (Å²) >= 11 is 0. The van der Waals surface area contributed by atoms with Gasteiger partial charge in [0.25, 0.3) is 5.91 Å². The van der Waals surface area contributed by atoms with E-state index < -0.39 is 33.3 Å². The minimum Gasteiger partial charge on any atom is -0.492 e. The molecule has 0 aromatic heterocycles. The minimum atomic E-state index is -3.54. The number of urea groups is 1. The number of hydrogen-bond acceptors (Lipinski definition) is 5. The molecule has 30 heavy (non-hydrogen) atoms. The molecule has 10 heteroatoms. The van der Waals surface area contributed by atoms with Gasteiger partial charge >= 0.3 is 6.03 Å². The van der Waals surface area contributed by atoms with E-state index in [-0.39, 0.29) is 18.0 Å². The summed E-state index contributed by atoms with van der Waals surface area (Å²) < 4.78 is 44.0. The lowest BCUT2D eigenvalue weighted by atomic mass is 9.92. The van der Waals surface area contributed by atoms with Crippen molar-refractivity contribution in [1.82, 2.24) is 14.5 Å². The SMILES string of the molecule is CN(C)S(=O)(=O)c1ccc(OCCN2C(=O)NC(C)(c3ccc(F)cc3)C2=O)cc1. The second-order valence-corrected chi connectivity index (χ2v) is 9.28. The van der Waals surface area contributed by atoms with Crippen molar-refractivity contribution in [2.75, 3.05) is 27.2 Å². The van der Waals surface area contributed by atoms with Gasteiger partial charge in [-0.25, -0.2) is 21.9 Å². The fraction of sp³-hybridized carbons (Fsp3) is 0.300. The number of ether oxygens (including phenoxy) is 1. The second-order valence-electron chi connectivity index (χ2n) is 7.13. The van der Waals surface area contributed by atoms with Crippen LogP contribution in [-0.4, -0.2) is 56.8 Å². The van der Waals surface area contributed by atoms with E-state index in [0.29, 0.717) is 11.3 Å². The van der Waals surface area contributed by atoms with Crippen LogP contribution in [0, 0.1) is 5.82 Å². The first-order valence-corrected chi connectivity index (χ1v) is 10.6. The van der Waals surface area contributed by atoms with Gasteiger partial charge in [0.1, 0.15) is 23.7 Å². The van der Waals surface area contributed by atoms with Gasteiger partial charge in [0.15, 0.2) is 0 Å². The molecule has 160 valence electrons. The summed E-state index contributed by atoms with van der Waals surface area (Å²) in [6.07, 6.45) is 0. The molecule has 3 rings (SSSR count). The Morgan fingerprint density at radius 1 is 1.07 bits per heavy atom. The largest absolute Gasteiger partial charge is 0.492 e. The van der Waals surface area contributed by atoms with Gasteiger partial charge in [-0.05, 0) is 48.9 Å². The Kier molecular flexibility index (Phi) is 5.82. The molecule has 1 atom stereocenters. The molecule has 1 saturated heterocycles. The van der Waals surface area contributed by atoms with E-state index in [1.165, 1.54) is 62.6 Å². The first-order valence-electron chi connectivity index (χ1n) is 9.11. The number of carbonyl (C=O) groups is 2. The van der Waals surface area contributed by atoms with Crippen molar-refractivity contribution in [3.8, 4) is 5.75 Å². The van der Waals surface area contributed by atoms with E-state index in [4.69, 9.17) is 4.74 Å². The normalized spacial score (nSPS) is 19.3. The Labute approximate surface area is 174 Å². The number of rotatable bonds is 7. The first-order chi connectivity index (χ1) is 14.1. The number of halogens is 1.